The largest absolute Gasteiger partial charge is 0.458 e. The van der Waals surface area contributed by atoms with Crippen LogP contribution in [0.4, 0.5) is 0 Å². The molecule has 5 nitrogen and oxygen atoms in total. The highest BCUT2D eigenvalue weighted by atomic mass is 32.2. The number of allylic oxidation sites excluding steroid dienone is 1. The molecule has 0 aromatic carbocycles. The highest BCUT2D eigenvalue weighted by Gasteiger charge is 2.27. The quantitative estimate of drug-likeness (QED) is 0.378. The van der Waals surface area contributed by atoms with Gasteiger partial charge in [0.05, 0.1) is 6.61 Å². The third-order valence-corrected chi connectivity index (χ3v) is 2.98. The number of hydrogen-bond donors (Lipinski definition) is 0. The summed E-state index contributed by atoms with van der Waals surface area (Å²) in [7, 11) is -3.49. The zero-order valence-corrected chi connectivity index (χ0v) is 8.62. The molecule has 1 heterocycles. The molecule has 1 aliphatic rings. The van der Waals surface area contributed by atoms with Crippen molar-refractivity contribution in [1.29, 1.82) is 0 Å². The third-order valence-electron chi connectivity index (χ3n) is 1.68. The molecule has 1 fully saturated rings. The molecule has 0 N–H and O–H groups in total. The first-order valence-electron chi connectivity index (χ1n) is 4.24. The molecule has 80 valence electrons. The first kappa shape index (κ1) is 11.2. The molecule has 1 aliphatic heterocycles. The Kier molecular flexibility index (Phi) is 3.65. The molecule has 0 amide bonds. The second-order valence-electron chi connectivity index (χ2n) is 2.89. The summed E-state index contributed by atoms with van der Waals surface area (Å²) in [5.74, 6) is -0.773. The van der Waals surface area contributed by atoms with E-state index in [2.05, 4.69) is 4.18 Å². The maximum Gasteiger partial charge on any atom is 0.330 e. The summed E-state index contributed by atoms with van der Waals surface area (Å²) in [4.78, 5) is 11.0. The Morgan fingerprint density at radius 2 is 2.29 bits per heavy atom. The summed E-state index contributed by atoms with van der Waals surface area (Å²) in [6.07, 6.45) is 2.62. The maximum atomic E-state index is 11.0. The smallest absolute Gasteiger partial charge is 0.330 e. The van der Waals surface area contributed by atoms with Gasteiger partial charge in [0, 0.05) is 12.5 Å². The van der Waals surface area contributed by atoms with Gasteiger partial charge in [0.1, 0.15) is 11.9 Å². The van der Waals surface area contributed by atoms with E-state index in [0.29, 0.717) is 6.42 Å². The number of carbonyl (C=O) groups excluding carboxylic acids is 1. The van der Waals surface area contributed by atoms with Crippen LogP contribution in [-0.4, -0.2) is 32.9 Å². The minimum absolute atomic E-state index is 0.0795. The van der Waals surface area contributed by atoms with Gasteiger partial charge < -0.3 is 4.74 Å². The van der Waals surface area contributed by atoms with Gasteiger partial charge in [-0.25, -0.2) is 4.79 Å². The number of rotatable bonds is 2. The van der Waals surface area contributed by atoms with Crippen LogP contribution in [0, 0.1) is 0 Å². The van der Waals surface area contributed by atoms with E-state index in [1.165, 1.54) is 12.2 Å². The predicted molar refractivity (Wildman–Crippen MR) is 49.0 cm³/mol. The van der Waals surface area contributed by atoms with Crippen molar-refractivity contribution in [3.8, 4) is 0 Å². The van der Waals surface area contributed by atoms with E-state index in [4.69, 9.17) is 4.74 Å². The Balaban J connectivity index is 2.50. The van der Waals surface area contributed by atoms with Crippen molar-refractivity contribution in [1.82, 2.24) is 0 Å². The van der Waals surface area contributed by atoms with Gasteiger partial charge >= 0.3 is 5.97 Å². The fourth-order valence-electron chi connectivity index (χ4n) is 1.10. The van der Waals surface area contributed by atoms with E-state index < -0.39 is 22.2 Å². The van der Waals surface area contributed by atoms with Gasteiger partial charge in [-0.1, -0.05) is 6.08 Å². The van der Waals surface area contributed by atoms with Crippen LogP contribution < -0.4 is 0 Å². The number of carbonyl (C=O) groups is 1. The molecular weight excluding hydrogens is 208 g/mol. The van der Waals surface area contributed by atoms with Crippen molar-refractivity contribution in [2.75, 3.05) is 12.4 Å². The van der Waals surface area contributed by atoms with Gasteiger partial charge in [-0.05, 0) is 6.92 Å². The fourth-order valence-corrected chi connectivity index (χ4v) is 2.23. The van der Waals surface area contributed by atoms with Crippen molar-refractivity contribution >= 4 is 16.1 Å². The minimum Gasteiger partial charge on any atom is -0.458 e. The maximum absolute atomic E-state index is 11.0. The van der Waals surface area contributed by atoms with Crippen LogP contribution in [0.5, 0.6) is 0 Å². The molecule has 1 atom stereocenters. The Hall–Kier alpha value is -0.880. The lowest BCUT2D eigenvalue weighted by atomic mass is 10.3. The molecule has 0 saturated carbocycles. The molecular formula is C8H12O5S. The number of esters is 1. The van der Waals surface area contributed by atoms with Gasteiger partial charge in [-0.3, -0.25) is 4.18 Å². The molecule has 0 aromatic rings. The summed E-state index contributed by atoms with van der Waals surface area (Å²) < 4.78 is 31.3. The van der Waals surface area contributed by atoms with Crippen LogP contribution in [0.1, 0.15) is 13.3 Å². The first-order chi connectivity index (χ1) is 6.53. The lowest BCUT2D eigenvalue weighted by molar-refractivity contribution is -0.142. The molecule has 1 rings (SSSR count). The van der Waals surface area contributed by atoms with E-state index in [1.807, 2.05) is 0 Å². The van der Waals surface area contributed by atoms with Gasteiger partial charge in [0.15, 0.2) is 0 Å². The molecule has 1 unspecified atom stereocenters. The van der Waals surface area contributed by atoms with Crippen molar-refractivity contribution in [2.24, 2.45) is 0 Å². The summed E-state index contributed by atoms with van der Waals surface area (Å²) in [6, 6.07) is 0. The Bertz CT molecular complexity index is 330. The van der Waals surface area contributed by atoms with Crippen LogP contribution >= 0.6 is 0 Å². The number of ether oxygens (including phenoxy) is 1. The molecule has 0 bridgehead atoms. The zero-order valence-electron chi connectivity index (χ0n) is 7.80. The molecule has 1 saturated heterocycles. The molecule has 0 aliphatic carbocycles. The average molecular weight is 220 g/mol. The van der Waals surface area contributed by atoms with Gasteiger partial charge in [-0.15, -0.1) is 0 Å². The average Bonchev–Trinajstić information content (AvgIpc) is 2.02. The molecule has 6 heteroatoms. The Labute approximate surface area is 82.8 Å². The Morgan fingerprint density at radius 3 is 2.86 bits per heavy atom. The first-order valence-corrected chi connectivity index (χ1v) is 5.81. The van der Waals surface area contributed by atoms with Crippen LogP contribution in [-0.2, 0) is 23.8 Å². The minimum atomic E-state index is -3.49. The summed E-state index contributed by atoms with van der Waals surface area (Å²) in [6.45, 7) is 1.76. The van der Waals surface area contributed by atoms with Crippen LogP contribution in [0.2, 0.25) is 0 Å². The monoisotopic (exact) mass is 220 g/mol. The highest BCUT2D eigenvalue weighted by Crippen LogP contribution is 2.12. The SMILES string of the molecule is CC=CC(=O)OC1CCOS(=O)(=O)C1. The zero-order chi connectivity index (χ0) is 10.6. The van der Waals surface area contributed by atoms with E-state index >= 15 is 0 Å². The standard InChI is InChI=1S/C8H12O5S/c1-2-3-8(9)13-7-4-5-12-14(10,11)6-7/h2-3,7H,4-6H2,1H3. The van der Waals surface area contributed by atoms with E-state index in [0.717, 1.165) is 0 Å². The van der Waals surface area contributed by atoms with Crippen molar-refractivity contribution in [3.05, 3.63) is 12.2 Å². The molecule has 0 aromatic heterocycles. The van der Waals surface area contributed by atoms with E-state index in [1.54, 1.807) is 6.92 Å². The fraction of sp³-hybridized carbons (Fsp3) is 0.625. The van der Waals surface area contributed by atoms with Crippen molar-refractivity contribution in [3.63, 3.8) is 0 Å². The van der Waals surface area contributed by atoms with Crippen molar-refractivity contribution < 1.29 is 22.1 Å². The van der Waals surface area contributed by atoms with Gasteiger partial charge in [0.25, 0.3) is 10.1 Å². The lowest BCUT2D eigenvalue weighted by Crippen LogP contribution is -2.33. The summed E-state index contributed by atoms with van der Waals surface area (Å²) in [5, 5.41) is 0. The molecule has 0 radical (unpaired) electrons. The lowest BCUT2D eigenvalue weighted by Gasteiger charge is -2.21. The van der Waals surface area contributed by atoms with Crippen molar-refractivity contribution in [2.45, 2.75) is 19.4 Å². The van der Waals surface area contributed by atoms with Crippen LogP contribution in [0.25, 0.3) is 0 Å². The topological polar surface area (TPSA) is 69.7 Å². The Morgan fingerprint density at radius 1 is 1.57 bits per heavy atom. The highest BCUT2D eigenvalue weighted by molar-refractivity contribution is 7.86. The van der Waals surface area contributed by atoms with E-state index in [9.17, 15) is 13.2 Å². The van der Waals surface area contributed by atoms with Gasteiger partial charge in [0.2, 0.25) is 0 Å². The van der Waals surface area contributed by atoms with Crippen LogP contribution in [0.15, 0.2) is 12.2 Å². The third kappa shape index (κ3) is 3.47. The van der Waals surface area contributed by atoms with Gasteiger partial charge in [-0.2, -0.15) is 8.42 Å². The molecule has 0 spiro atoms. The normalized spacial score (nSPS) is 26.2. The molecule has 14 heavy (non-hydrogen) atoms. The van der Waals surface area contributed by atoms with Crippen LogP contribution in [0.3, 0.4) is 0 Å². The summed E-state index contributed by atoms with van der Waals surface area (Å²) >= 11 is 0. The second-order valence-corrected chi connectivity index (χ2v) is 4.58. The predicted octanol–water partition coefficient (Wildman–Crippen LogP) is 0.224. The number of hydrogen-bond acceptors (Lipinski definition) is 5. The van der Waals surface area contributed by atoms with E-state index in [-0.39, 0.29) is 12.4 Å². The second kappa shape index (κ2) is 4.56. The summed E-state index contributed by atoms with van der Waals surface area (Å²) in [5.41, 5.74) is 0.